The van der Waals surface area contributed by atoms with E-state index in [0.29, 0.717) is 0 Å². The lowest BCUT2D eigenvalue weighted by Crippen LogP contribution is -2.41. The fourth-order valence-electron chi connectivity index (χ4n) is 8.32. The average Bonchev–Trinajstić information content (AvgIpc) is 3.41. The Morgan fingerprint density at radius 3 is 0.750 bits per heavy atom. The Balaban J connectivity index is 0.000000241. The molecule has 6 aromatic carbocycles. The van der Waals surface area contributed by atoms with Crippen LogP contribution < -0.4 is 18.9 Å². The lowest BCUT2D eigenvalue weighted by atomic mass is 9.87. The third-order valence-corrected chi connectivity index (χ3v) is 15.0. The second-order valence-corrected chi connectivity index (χ2v) is 20.9. The molecule has 8 rings (SSSR count). The molecule has 0 fully saturated rings. The van der Waals surface area contributed by atoms with Crippen molar-refractivity contribution in [1.82, 2.24) is 0 Å². The molecule has 24 heteroatoms. The van der Waals surface area contributed by atoms with Crippen LogP contribution in [-0.2, 0) is 63.8 Å². The average molecular weight is 1360 g/mol. The van der Waals surface area contributed by atoms with Crippen LogP contribution in [0, 0.1) is 0 Å². The van der Waals surface area contributed by atoms with Gasteiger partial charge < -0.3 is 58.3 Å². The molecule has 0 spiro atoms. The molecule has 2 aliphatic rings. The first kappa shape index (κ1) is 59.9. The van der Waals surface area contributed by atoms with Gasteiger partial charge in [0.2, 0.25) is 0 Å². The number of carbonyl (C=O) groups is 8. The number of carbonyl (C=O) groups excluding carboxylic acids is 8. The Kier molecular flexibility index (Phi) is 19.4. The van der Waals surface area contributed by atoms with E-state index in [0.717, 1.165) is 74.2 Å². The molecule has 2 aliphatic carbocycles. The molecule has 0 aromatic heterocycles. The lowest BCUT2D eigenvalue weighted by molar-refractivity contribution is -0.133. The van der Waals surface area contributed by atoms with Gasteiger partial charge >= 0.3 is 47.8 Å². The Morgan fingerprint density at radius 2 is 0.550 bits per heavy atom. The van der Waals surface area contributed by atoms with E-state index in [2.05, 4.69) is 63.7 Å². The number of phenols is 4. The molecule has 0 saturated heterocycles. The minimum atomic E-state index is -0.985. The van der Waals surface area contributed by atoms with Gasteiger partial charge in [-0.15, -0.1) is 0 Å². The number of fused-ring (bicyclic) bond motifs is 2. The number of ether oxygens (including phenoxy) is 8. The predicted octanol–water partition coefficient (Wildman–Crippen LogP) is 10.0. The number of phenolic OH excluding ortho intramolecular Hbond substituents is 4. The van der Waals surface area contributed by atoms with Crippen LogP contribution in [-0.4, -0.2) is 92.6 Å². The van der Waals surface area contributed by atoms with Gasteiger partial charge in [-0.25, -0.2) is 19.2 Å². The number of aromatic hydroxyl groups is 4. The van der Waals surface area contributed by atoms with E-state index in [4.69, 9.17) is 37.9 Å². The highest BCUT2D eigenvalue weighted by Gasteiger charge is 2.37. The van der Waals surface area contributed by atoms with Crippen molar-refractivity contribution in [1.29, 1.82) is 0 Å². The maximum atomic E-state index is 13.5. The molecular weight excluding hydrogens is 1310 g/mol. The normalized spacial score (nSPS) is 15.9. The summed E-state index contributed by atoms with van der Waals surface area (Å²) in [6.45, 7) is 4.66. The van der Waals surface area contributed by atoms with Crippen LogP contribution in [0.4, 0.5) is 0 Å². The number of hydrogen-bond donors (Lipinski definition) is 4. The van der Waals surface area contributed by atoms with Crippen LogP contribution in [0.5, 0.6) is 46.0 Å². The van der Waals surface area contributed by atoms with Crippen LogP contribution in [0.25, 0.3) is 0 Å². The number of benzene rings is 6. The molecule has 416 valence electrons. The van der Waals surface area contributed by atoms with E-state index in [1.54, 1.807) is 0 Å². The SMILES string of the molecule is CC(=O)Oc1cc(C(=O)O[C@H]2Cc3ccccc3C[C@H]2OC(=O)c2cc(OC(C)=O)c(Br)c(OC(C)=O)c2)cc(OC(C)=O)c1Br.O=C(O[C@H]1Cc2ccccc2C[C@H]1OC(=O)c1cc(O)c(Br)c(O)c1)c1cc(O)c(Br)c(O)c1. The van der Waals surface area contributed by atoms with E-state index in [-0.39, 0.29) is 112 Å². The van der Waals surface area contributed by atoms with E-state index < -0.39 is 72.2 Å². The second-order valence-electron chi connectivity index (χ2n) is 17.7. The molecule has 20 nitrogen and oxygen atoms in total. The van der Waals surface area contributed by atoms with Gasteiger partial charge in [0.1, 0.15) is 88.3 Å². The van der Waals surface area contributed by atoms with Gasteiger partial charge in [0.05, 0.1) is 22.3 Å². The van der Waals surface area contributed by atoms with Gasteiger partial charge in [-0.05, 0) is 135 Å². The summed E-state index contributed by atoms with van der Waals surface area (Å²) in [4.78, 5) is 99.3. The van der Waals surface area contributed by atoms with Crippen molar-refractivity contribution in [2.45, 2.75) is 77.8 Å². The fraction of sp³-hybridized carbons (Fsp3) is 0.214. The zero-order valence-corrected chi connectivity index (χ0v) is 48.6. The number of esters is 8. The molecule has 0 saturated carbocycles. The zero-order valence-electron chi connectivity index (χ0n) is 42.2. The predicted molar refractivity (Wildman–Crippen MR) is 293 cm³/mol. The maximum Gasteiger partial charge on any atom is 0.338 e. The lowest BCUT2D eigenvalue weighted by Gasteiger charge is -2.32. The smallest absolute Gasteiger partial charge is 0.338 e. The summed E-state index contributed by atoms with van der Waals surface area (Å²) in [7, 11) is 0. The molecule has 80 heavy (non-hydrogen) atoms. The van der Waals surface area contributed by atoms with Crippen LogP contribution >= 0.6 is 63.7 Å². The molecule has 4 N–H and O–H groups in total. The summed E-state index contributed by atoms with van der Waals surface area (Å²) in [6, 6.07) is 24.4. The van der Waals surface area contributed by atoms with E-state index in [1.165, 1.54) is 24.3 Å². The van der Waals surface area contributed by atoms with Crippen molar-refractivity contribution < 1.29 is 96.7 Å². The van der Waals surface area contributed by atoms with Crippen LogP contribution in [0.2, 0.25) is 0 Å². The highest BCUT2D eigenvalue weighted by Crippen LogP contribution is 2.40. The maximum absolute atomic E-state index is 13.5. The first-order valence-electron chi connectivity index (χ1n) is 23.7. The van der Waals surface area contributed by atoms with Crippen molar-refractivity contribution >= 4 is 111 Å². The first-order valence-corrected chi connectivity index (χ1v) is 26.8. The number of rotatable bonds is 12. The standard InChI is InChI=1S/C32H26Br2O12.C24H18Br2O8/c1-15(35)41-25-11-21(12-26(29(25)33)42-16(2)36)31(39)45-23-9-19-7-5-6-8-20(19)10-24(23)46-32(40)22-13-27(43-17(3)37)30(34)28(14-22)44-18(4)38;25-21-15(27)5-13(6-16(21)28)23(31)33-19-9-11-3-1-2-4-12(11)10-20(19)34-24(32)14-7-17(29)22(26)18(30)8-14/h5-8,11-14,23-24H,9-10H2,1-4H3;1-8,19-20,27-30H,9-10H2/t23-,24+;19-,20+. The Bertz CT molecular complexity index is 3140. The molecule has 0 unspecified atom stereocenters. The number of hydrogen-bond acceptors (Lipinski definition) is 20. The van der Waals surface area contributed by atoms with Crippen molar-refractivity contribution in [3.05, 3.63) is 159 Å². The van der Waals surface area contributed by atoms with Gasteiger partial charge in [-0.2, -0.15) is 0 Å². The molecule has 0 heterocycles. The second kappa shape index (κ2) is 26.0. The van der Waals surface area contributed by atoms with Gasteiger partial charge in [0.25, 0.3) is 0 Å². The quantitative estimate of drug-likeness (QED) is 0.0503. The summed E-state index contributed by atoms with van der Waals surface area (Å²) < 4.78 is 44.0. The minimum absolute atomic E-state index is 0.0449. The minimum Gasteiger partial charge on any atom is -0.507 e. The van der Waals surface area contributed by atoms with Crippen molar-refractivity contribution in [3.8, 4) is 46.0 Å². The van der Waals surface area contributed by atoms with Crippen LogP contribution in [0.15, 0.2) is 115 Å². The van der Waals surface area contributed by atoms with Crippen LogP contribution in [0.3, 0.4) is 0 Å². The summed E-state index contributed by atoms with van der Waals surface area (Å²) in [5.41, 5.74) is 3.20. The molecule has 0 amide bonds. The van der Waals surface area contributed by atoms with E-state index in [1.807, 2.05) is 48.5 Å². The van der Waals surface area contributed by atoms with Gasteiger partial charge in [0, 0.05) is 53.4 Å². The summed E-state index contributed by atoms with van der Waals surface area (Å²) in [5.74, 6) is -7.80. The summed E-state index contributed by atoms with van der Waals surface area (Å²) >= 11 is 12.4. The third kappa shape index (κ3) is 14.9. The third-order valence-electron chi connectivity index (χ3n) is 11.8. The highest BCUT2D eigenvalue weighted by atomic mass is 79.9. The molecule has 0 aliphatic heterocycles. The number of halogens is 4. The monoisotopic (exact) mass is 1350 g/mol. The van der Waals surface area contributed by atoms with Crippen molar-refractivity contribution in [2.75, 3.05) is 0 Å². The summed E-state index contributed by atoms with van der Waals surface area (Å²) in [5, 5.41) is 39.6. The topological polar surface area (TPSA) is 291 Å². The Hall–Kier alpha value is -7.80. The molecule has 0 radical (unpaired) electrons. The Labute approximate surface area is 488 Å². The largest absolute Gasteiger partial charge is 0.507 e. The molecule has 4 atom stereocenters. The van der Waals surface area contributed by atoms with Gasteiger partial charge in [-0.3, -0.25) is 19.2 Å². The van der Waals surface area contributed by atoms with E-state index >= 15 is 0 Å². The van der Waals surface area contributed by atoms with Crippen molar-refractivity contribution in [2.24, 2.45) is 0 Å². The highest BCUT2D eigenvalue weighted by molar-refractivity contribution is 9.11. The zero-order chi connectivity index (χ0) is 58.3. The van der Waals surface area contributed by atoms with Gasteiger partial charge in [0.15, 0.2) is 0 Å². The van der Waals surface area contributed by atoms with Gasteiger partial charge in [-0.1, -0.05) is 48.5 Å². The molecular formula is C56H44Br4O20. The van der Waals surface area contributed by atoms with E-state index in [9.17, 15) is 58.8 Å². The Morgan fingerprint density at radius 1 is 0.350 bits per heavy atom. The molecule has 6 aromatic rings. The first-order chi connectivity index (χ1) is 37.8. The molecule has 0 bridgehead atoms. The fourth-order valence-corrected chi connectivity index (χ4v) is 9.56. The van der Waals surface area contributed by atoms with Crippen LogP contribution in [0.1, 0.15) is 91.4 Å². The summed E-state index contributed by atoms with van der Waals surface area (Å²) in [6.07, 6.45) is -2.80. The van der Waals surface area contributed by atoms with Crippen molar-refractivity contribution in [3.63, 3.8) is 0 Å².